The summed E-state index contributed by atoms with van der Waals surface area (Å²) >= 11 is 3.70. The molecule has 4 aromatic heterocycles. The molecule has 0 atom stereocenters. The highest BCUT2D eigenvalue weighted by molar-refractivity contribution is 7.21. The Labute approximate surface area is 465 Å². The average Bonchev–Trinajstić information content (AvgIpc) is 3.48. The lowest BCUT2D eigenvalue weighted by atomic mass is 9.71. The van der Waals surface area contributed by atoms with Gasteiger partial charge < -0.3 is 28.4 Å². The van der Waals surface area contributed by atoms with E-state index in [1.54, 1.807) is 14.2 Å². The van der Waals surface area contributed by atoms with Crippen molar-refractivity contribution in [3.63, 3.8) is 0 Å². The molecule has 0 unspecified atom stereocenters. The topological polar surface area (TPSA) is 34.8 Å². The molecular formula is C71H48N4O2S2. The first-order valence-electron chi connectivity index (χ1n) is 26.6. The summed E-state index contributed by atoms with van der Waals surface area (Å²) in [5, 5.41) is 9.38. The van der Waals surface area contributed by atoms with Gasteiger partial charge in [-0.1, -0.05) is 84.9 Å². The second-order valence-electron chi connectivity index (χ2n) is 20.4. The van der Waals surface area contributed by atoms with Gasteiger partial charge in [-0.25, -0.2) is 0 Å². The molecule has 376 valence electrons. The van der Waals surface area contributed by atoms with E-state index < -0.39 is 5.41 Å². The molecule has 0 N–H and O–H groups in total. The van der Waals surface area contributed by atoms with Gasteiger partial charge in [0, 0.05) is 76.8 Å². The molecule has 0 aliphatic heterocycles. The Morgan fingerprint density at radius 2 is 0.696 bits per heavy atom. The van der Waals surface area contributed by atoms with Crippen molar-refractivity contribution in [2.45, 2.75) is 5.41 Å². The minimum Gasteiger partial charge on any atom is -0.497 e. The van der Waals surface area contributed by atoms with Gasteiger partial charge in [-0.15, -0.1) is 22.7 Å². The van der Waals surface area contributed by atoms with Gasteiger partial charge in [0.1, 0.15) is 11.5 Å². The number of benzene rings is 10. The zero-order valence-corrected chi connectivity index (χ0v) is 44.8. The van der Waals surface area contributed by atoms with Crippen LogP contribution in [0.4, 0.5) is 34.1 Å². The monoisotopic (exact) mass is 1050 g/mol. The molecule has 0 amide bonds. The minimum atomic E-state index is -0.585. The summed E-state index contributed by atoms with van der Waals surface area (Å²) in [5.41, 5.74) is 20.4. The van der Waals surface area contributed by atoms with Gasteiger partial charge in [0.2, 0.25) is 0 Å². The highest BCUT2D eigenvalue weighted by Crippen LogP contribution is 2.66. The molecule has 2 aliphatic carbocycles. The Hall–Kier alpha value is -9.60. The van der Waals surface area contributed by atoms with Crippen molar-refractivity contribution >= 4 is 100 Å². The van der Waals surface area contributed by atoms with Gasteiger partial charge in [0.25, 0.3) is 0 Å². The molecule has 0 saturated carbocycles. The predicted molar refractivity (Wildman–Crippen MR) is 330 cm³/mol. The van der Waals surface area contributed by atoms with Crippen molar-refractivity contribution in [2.24, 2.45) is 0 Å². The second kappa shape index (κ2) is 17.7. The molecule has 16 rings (SSSR count). The molecule has 14 aromatic rings. The van der Waals surface area contributed by atoms with Crippen molar-refractivity contribution in [3.8, 4) is 43.8 Å². The molecular weight excluding hydrogens is 1000 g/mol. The number of hydrogen-bond donors (Lipinski definition) is 0. The van der Waals surface area contributed by atoms with E-state index in [0.29, 0.717) is 0 Å². The summed E-state index contributed by atoms with van der Waals surface area (Å²) < 4.78 is 16.2. The normalized spacial score (nSPS) is 12.8. The zero-order valence-electron chi connectivity index (χ0n) is 43.2. The van der Waals surface area contributed by atoms with E-state index in [1.165, 1.54) is 75.7 Å². The summed E-state index contributed by atoms with van der Waals surface area (Å²) in [4.78, 5) is 7.53. The first kappa shape index (κ1) is 45.6. The number of rotatable bonds is 10. The molecule has 10 aromatic carbocycles. The van der Waals surface area contributed by atoms with Crippen molar-refractivity contribution < 1.29 is 9.47 Å². The standard InChI is InChI=1S/C71H48N4O2S2/c1-76-53-29-21-47(22-30-53)72(49-27-35-67-59(41-49)57-17-9-11-19-65(57)74(67)45-13-5-3-6-14-45)51-25-33-55-56-34-26-52(44-64(56)71(63(55)43-51)61-37-39-78-69(61)70-62(71)38-40-79-70)73(48-23-31-54(77-2)32-24-48)50-28-36-68-60(42-50)58-18-10-12-20-66(58)75(68)46-15-7-4-8-16-46/h3-44H,1-2H3. The van der Waals surface area contributed by atoms with Crippen LogP contribution in [-0.2, 0) is 5.41 Å². The maximum Gasteiger partial charge on any atom is 0.119 e. The average molecular weight is 1050 g/mol. The molecule has 0 fully saturated rings. The SMILES string of the molecule is COc1ccc(N(c2ccc3c(c2)C2(c4cc(N(c5ccc(OC)cc5)c5ccc6c(c5)c5ccccc5n6-c5ccccc5)ccc4-3)c3ccsc3-c3sccc32)c2ccc3c(c2)c2ccccc2n3-c2ccccc2)cc1. The Morgan fingerprint density at radius 3 is 1.13 bits per heavy atom. The van der Waals surface area contributed by atoms with Crippen LogP contribution in [0.2, 0.25) is 0 Å². The fraction of sp³-hybridized carbons (Fsp3) is 0.0423. The third-order valence-corrected chi connectivity index (χ3v) is 18.5. The molecule has 2 aliphatic rings. The van der Waals surface area contributed by atoms with E-state index in [4.69, 9.17) is 9.47 Å². The summed E-state index contributed by atoms with van der Waals surface area (Å²) in [6.45, 7) is 0. The molecule has 4 heterocycles. The molecule has 1 spiro atoms. The van der Waals surface area contributed by atoms with Crippen molar-refractivity contribution in [3.05, 3.63) is 276 Å². The van der Waals surface area contributed by atoms with E-state index in [0.717, 1.165) is 68.0 Å². The van der Waals surface area contributed by atoms with E-state index in [-0.39, 0.29) is 0 Å². The third kappa shape index (κ3) is 6.68. The third-order valence-electron chi connectivity index (χ3n) is 16.5. The Kier molecular flexibility index (Phi) is 10.2. The van der Waals surface area contributed by atoms with Crippen LogP contribution < -0.4 is 19.3 Å². The van der Waals surface area contributed by atoms with Crippen LogP contribution in [0.3, 0.4) is 0 Å². The number of anilines is 6. The Bertz CT molecular complexity index is 4400. The number of ether oxygens (including phenoxy) is 2. The van der Waals surface area contributed by atoms with E-state index in [1.807, 2.05) is 22.7 Å². The van der Waals surface area contributed by atoms with Gasteiger partial charge in [0.05, 0.1) is 41.7 Å². The molecule has 8 heteroatoms. The Morgan fingerprint density at radius 1 is 0.329 bits per heavy atom. The summed E-state index contributed by atoms with van der Waals surface area (Å²) in [5.74, 6) is 1.63. The highest BCUT2D eigenvalue weighted by Gasteiger charge is 2.53. The largest absolute Gasteiger partial charge is 0.497 e. The smallest absolute Gasteiger partial charge is 0.119 e. The summed E-state index contributed by atoms with van der Waals surface area (Å²) in [6.07, 6.45) is 0. The van der Waals surface area contributed by atoms with Crippen LogP contribution in [-0.4, -0.2) is 23.4 Å². The first-order valence-corrected chi connectivity index (χ1v) is 28.4. The molecule has 0 bridgehead atoms. The number of hydrogen-bond acceptors (Lipinski definition) is 6. The van der Waals surface area contributed by atoms with Crippen LogP contribution in [0.1, 0.15) is 22.3 Å². The van der Waals surface area contributed by atoms with Gasteiger partial charge >= 0.3 is 0 Å². The minimum absolute atomic E-state index is 0.585. The van der Waals surface area contributed by atoms with Gasteiger partial charge in [-0.3, -0.25) is 0 Å². The lowest BCUT2D eigenvalue weighted by molar-refractivity contribution is 0.414. The number of nitrogens with zero attached hydrogens (tertiary/aromatic N) is 4. The van der Waals surface area contributed by atoms with E-state index in [9.17, 15) is 0 Å². The van der Waals surface area contributed by atoms with E-state index in [2.05, 4.69) is 272 Å². The van der Waals surface area contributed by atoms with Gasteiger partial charge in [-0.05, 0) is 202 Å². The van der Waals surface area contributed by atoms with Crippen molar-refractivity contribution in [1.82, 2.24) is 9.13 Å². The summed E-state index contributed by atoms with van der Waals surface area (Å²) in [6, 6.07) is 88.9. The lowest BCUT2D eigenvalue weighted by Crippen LogP contribution is -2.26. The van der Waals surface area contributed by atoms with Crippen molar-refractivity contribution in [2.75, 3.05) is 24.0 Å². The quantitative estimate of drug-likeness (QED) is 0.137. The molecule has 79 heavy (non-hydrogen) atoms. The number of methoxy groups -OCH3 is 2. The van der Waals surface area contributed by atoms with Crippen LogP contribution in [0.5, 0.6) is 11.5 Å². The number of thiophene rings is 2. The highest BCUT2D eigenvalue weighted by atomic mass is 32.1. The number of fused-ring (bicyclic) bond motifs is 16. The zero-order chi connectivity index (χ0) is 52.3. The second-order valence-corrected chi connectivity index (χ2v) is 22.2. The van der Waals surface area contributed by atoms with Gasteiger partial charge in [0.15, 0.2) is 0 Å². The molecule has 0 radical (unpaired) electrons. The maximum atomic E-state index is 5.74. The number of para-hydroxylation sites is 4. The lowest BCUT2D eigenvalue weighted by Gasteiger charge is -2.32. The molecule has 0 saturated heterocycles. The van der Waals surface area contributed by atoms with Crippen LogP contribution in [0.15, 0.2) is 253 Å². The fourth-order valence-electron chi connectivity index (χ4n) is 13.1. The van der Waals surface area contributed by atoms with Crippen LogP contribution in [0, 0.1) is 0 Å². The van der Waals surface area contributed by atoms with E-state index >= 15 is 0 Å². The number of aromatic nitrogens is 2. The fourth-order valence-corrected chi connectivity index (χ4v) is 15.2. The van der Waals surface area contributed by atoms with Crippen molar-refractivity contribution in [1.29, 1.82) is 0 Å². The van der Waals surface area contributed by atoms with Gasteiger partial charge in [-0.2, -0.15) is 0 Å². The maximum absolute atomic E-state index is 5.74. The summed E-state index contributed by atoms with van der Waals surface area (Å²) in [7, 11) is 3.46. The molecule has 6 nitrogen and oxygen atoms in total. The first-order chi connectivity index (χ1) is 39.1. The Balaban J connectivity index is 0.904. The van der Waals surface area contributed by atoms with Crippen LogP contribution >= 0.6 is 22.7 Å². The predicted octanol–water partition coefficient (Wildman–Crippen LogP) is 19.3. The van der Waals surface area contributed by atoms with Crippen LogP contribution in [0.25, 0.3) is 75.9 Å².